The number of carboxylic acid groups (broad SMARTS) is 1. The Balaban J connectivity index is 1.82. The van der Waals surface area contributed by atoms with Crippen LogP contribution >= 0.6 is 0 Å². The molecule has 8 heteroatoms. The number of nitrogens with zero attached hydrogens (tertiary/aromatic N) is 4. The summed E-state index contributed by atoms with van der Waals surface area (Å²) in [5.74, 6) is -0.209. The van der Waals surface area contributed by atoms with Crippen molar-refractivity contribution in [2.75, 3.05) is 6.54 Å². The zero-order valence-electron chi connectivity index (χ0n) is 18.4. The molecule has 3 rings (SSSR count). The predicted octanol–water partition coefficient (Wildman–Crippen LogP) is 3.97. The van der Waals surface area contributed by atoms with Gasteiger partial charge in [0, 0.05) is 30.3 Å². The van der Waals surface area contributed by atoms with E-state index in [1.165, 1.54) is 9.80 Å². The highest BCUT2D eigenvalue weighted by atomic mass is 19.1. The molecule has 2 amide bonds. The Morgan fingerprint density at radius 2 is 1.97 bits per heavy atom. The lowest BCUT2D eigenvalue weighted by Gasteiger charge is -2.45. The zero-order chi connectivity index (χ0) is 22.8. The van der Waals surface area contributed by atoms with Crippen LogP contribution in [0.4, 0.5) is 9.18 Å². The molecule has 0 bridgehead atoms. The van der Waals surface area contributed by atoms with Gasteiger partial charge in [0.05, 0.1) is 12.6 Å². The molecule has 7 nitrogen and oxygen atoms in total. The van der Waals surface area contributed by atoms with Crippen LogP contribution in [0.2, 0.25) is 0 Å². The summed E-state index contributed by atoms with van der Waals surface area (Å²) in [6.07, 6.45) is 2.14. The lowest BCUT2D eigenvalue weighted by atomic mass is 9.79. The Morgan fingerprint density at radius 1 is 1.29 bits per heavy atom. The molecule has 2 heterocycles. The van der Waals surface area contributed by atoms with E-state index in [-0.39, 0.29) is 24.9 Å². The minimum Gasteiger partial charge on any atom is -0.465 e. The van der Waals surface area contributed by atoms with Gasteiger partial charge in [0.2, 0.25) is 5.91 Å². The number of likely N-dealkylation sites (tertiary alicyclic amines) is 1. The zero-order valence-corrected chi connectivity index (χ0v) is 18.4. The number of aromatic nitrogens is 1. The fourth-order valence-corrected chi connectivity index (χ4v) is 4.96. The number of amides is 2. The number of rotatable bonds is 4. The average molecular weight is 431 g/mol. The summed E-state index contributed by atoms with van der Waals surface area (Å²) in [5.41, 5.74) is 0.302. The highest BCUT2D eigenvalue weighted by Gasteiger charge is 2.48. The van der Waals surface area contributed by atoms with E-state index in [0.717, 1.165) is 18.5 Å². The van der Waals surface area contributed by atoms with Crippen LogP contribution in [-0.4, -0.2) is 62.7 Å². The van der Waals surface area contributed by atoms with E-state index >= 15 is 0 Å². The van der Waals surface area contributed by atoms with Crippen molar-refractivity contribution in [3.05, 3.63) is 30.1 Å². The Labute approximate surface area is 182 Å². The first kappa shape index (κ1) is 23.0. The minimum atomic E-state index is -1.26. The largest absolute Gasteiger partial charge is 0.465 e. The van der Waals surface area contributed by atoms with Gasteiger partial charge in [0.15, 0.2) is 0 Å². The Bertz CT molecular complexity index is 827. The average Bonchev–Trinajstić information content (AvgIpc) is 3.12. The normalized spacial score (nSPS) is 27.4. The second-order valence-electron chi connectivity index (χ2n) is 9.69. The van der Waals surface area contributed by atoms with Gasteiger partial charge in [-0.25, -0.2) is 9.18 Å². The highest BCUT2D eigenvalue weighted by Crippen LogP contribution is 2.38. The number of alkyl halides is 1. The molecule has 1 saturated heterocycles. The lowest BCUT2D eigenvalue weighted by Crippen LogP contribution is -2.60. The first-order chi connectivity index (χ1) is 14.6. The van der Waals surface area contributed by atoms with Gasteiger partial charge in [-0.1, -0.05) is 26.8 Å². The van der Waals surface area contributed by atoms with Crippen LogP contribution < -0.4 is 0 Å². The number of halogens is 1. The number of carbonyl (C=O) groups excluding carboxylic acids is 1. The van der Waals surface area contributed by atoms with Gasteiger partial charge in [-0.3, -0.25) is 14.7 Å². The van der Waals surface area contributed by atoms with Crippen molar-refractivity contribution in [1.82, 2.24) is 14.8 Å². The number of hydrogen-bond donors (Lipinski definition) is 1. The van der Waals surface area contributed by atoms with Crippen molar-refractivity contribution >= 4 is 12.0 Å². The summed E-state index contributed by atoms with van der Waals surface area (Å²) in [7, 11) is 0. The maximum atomic E-state index is 14.0. The molecule has 0 radical (unpaired) electrons. The Kier molecular flexibility index (Phi) is 6.83. The van der Waals surface area contributed by atoms with Crippen LogP contribution in [0, 0.1) is 16.7 Å². The molecule has 2 fully saturated rings. The number of carbonyl (C=O) groups is 2. The summed E-state index contributed by atoms with van der Waals surface area (Å²) in [6.45, 7) is 5.28. The molecule has 1 N–H and O–H groups in total. The van der Waals surface area contributed by atoms with E-state index < -0.39 is 35.7 Å². The van der Waals surface area contributed by atoms with Crippen molar-refractivity contribution in [3.63, 3.8) is 0 Å². The SMILES string of the molecule is CC(C)(C)C(C(=O)N1C[C@@H](F)C[C@H]1C#N)N(C(=O)O)C1CCC(c2ccccn2)CC1. The van der Waals surface area contributed by atoms with Gasteiger partial charge in [-0.05, 0) is 43.2 Å². The van der Waals surface area contributed by atoms with Gasteiger partial charge in [0.1, 0.15) is 18.3 Å². The molecule has 1 aliphatic carbocycles. The third-order valence-corrected chi connectivity index (χ3v) is 6.43. The van der Waals surface area contributed by atoms with E-state index in [4.69, 9.17) is 0 Å². The van der Waals surface area contributed by atoms with Crippen LogP contribution in [0.3, 0.4) is 0 Å². The second kappa shape index (κ2) is 9.21. The fourth-order valence-electron chi connectivity index (χ4n) is 4.96. The molecule has 31 heavy (non-hydrogen) atoms. The van der Waals surface area contributed by atoms with Crippen molar-refractivity contribution in [3.8, 4) is 6.07 Å². The summed E-state index contributed by atoms with van der Waals surface area (Å²) >= 11 is 0. The molecule has 1 saturated carbocycles. The number of hydrogen-bond acceptors (Lipinski definition) is 4. The molecule has 0 aromatic carbocycles. The number of pyridine rings is 1. The van der Waals surface area contributed by atoms with E-state index in [2.05, 4.69) is 4.98 Å². The predicted molar refractivity (Wildman–Crippen MR) is 113 cm³/mol. The summed E-state index contributed by atoms with van der Waals surface area (Å²) < 4.78 is 14.0. The minimum absolute atomic E-state index is 0.0264. The molecule has 2 aliphatic rings. The maximum absolute atomic E-state index is 14.0. The molecular formula is C23H31FN4O3. The monoisotopic (exact) mass is 430 g/mol. The third kappa shape index (κ3) is 4.97. The van der Waals surface area contributed by atoms with Gasteiger partial charge in [0.25, 0.3) is 0 Å². The second-order valence-corrected chi connectivity index (χ2v) is 9.69. The fraction of sp³-hybridized carbons (Fsp3) is 0.652. The van der Waals surface area contributed by atoms with Crippen LogP contribution in [0.15, 0.2) is 24.4 Å². The molecule has 1 aromatic heterocycles. The maximum Gasteiger partial charge on any atom is 0.408 e. The van der Waals surface area contributed by atoms with E-state index in [0.29, 0.717) is 12.8 Å². The van der Waals surface area contributed by atoms with Crippen LogP contribution in [0.25, 0.3) is 0 Å². The lowest BCUT2D eigenvalue weighted by molar-refractivity contribution is -0.142. The molecule has 168 valence electrons. The number of nitriles is 1. The molecule has 1 unspecified atom stereocenters. The topological polar surface area (TPSA) is 97.5 Å². The van der Waals surface area contributed by atoms with Crippen LogP contribution in [0.1, 0.15) is 64.5 Å². The quantitative estimate of drug-likeness (QED) is 0.780. The van der Waals surface area contributed by atoms with Crippen molar-refractivity contribution in [2.24, 2.45) is 5.41 Å². The van der Waals surface area contributed by atoms with Gasteiger partial charge >= 0.3 is 6.09 Å². The third-order valence-electron chi connectivity index (χ3n) is 6.43. The van der Waals surface area contributed by atoms with Crippen molar-refractivity contribution in [2.45, 2.75) is 83.1 Å². The van der Waals surface area contributed by atoms with Gasteiger partial charge < -0.3 is 10.0 Å². The van der Waals surface area contributed by atoms with E-state index in [9.17, 15) is 24.3 Å². The molecule has 1 aromatic rings. The van der Waals surface area contributed by atoms with Crippen molar-refractivity contribution in [1.29, 1.82) is 5.26 Å². The summed E-state index contributed by atoms with van der Waals surface area (Å²) in [4.78, 5) is 32.8. The van der Waals surface area contributed by atoms with Crippen molar-refractivity contribution < 1.29 is 19.1 Å². The first-order valence-corrected chi connectivity index (χ1v) is 10.9. The molecule has 1 aliphatic heterocycles. The van der Waals surface area contributed by atoms with Gasteiger partial charge in [-0.2, -0.15) is 5.26 Å². The molecule has 3 atom stereocenters. The Hall–Kier alpha value is -2.69. The molecular weight excluding hydrogens is 399 g/mol. The van der Waals surface area contributed by atoms with Gasteiger partial charge in [-0.15, -0.1) is 0 Å². The summed E-state index contributed by atoms with van der Waals surface area (Å²) in [6, 6.07) is 5.65. The molecule has 0 spiro atoms. The standard InChI is InChI=1S/C23H31FN4O3/c1-23(2,3)20(21(29)27-14-16(24)12-18(27)13-25)28(22(30)31)17-9-7-15(8-10-17)19-6-4-5-11-26-19/h4-6,11,15-18,20H,7-10,12,14H2,1-3H3,(H,30,31)/t15?,16-,17?,18-,20?/m0/s1. The van der Waals surface area contributed by atoms with Crippen LogP contribution in [-0.2, 0) is 4.79 Å². The first-order valence-electron chi connectivity index (χ1n) is 10.9. The highest BCUT2D eigenvalue weighted by molar-refractivity contribution is 5.87. The Morgan fingerprint density at radius 3 is 2.48 bits per heavy atom. The van der Waals surface area contributed by atoms with Crippen LogP contribution in [0.5, 0.6) is 0 Å². The van der Waals surface area contributed by atoms with E-state index in [1.807, 2.05) is 45.0 Å². The smallest absolute Gasteiger partial charge is 0.408 e. The van der Waals surface area contributed by atoms with E-state index in [1.54, 1.807) is 6.20 Å². The summed E-state index contributed by atoms with van der Waals surface area (Å²) in [5, 5.41) is 19.5.